The quantitative estimate of drug-likeness (QED) is 0.505. The molecule has 0 saturated heterocycles. The molecule has 0 spiro atoms. The van der Waals surface area contributed by atoms with Gasteiger partial charge in [-0.15, -0.1) is 0 Å². The Morgan fingerprint density at radius 2 is 1.79 bits per heavy atom. The SMILES string of the molecule is COc1cc(C=Nc2ccc(S(N)(=O)=O)cc2)ccc1OC(C)=O. The lowest BCUT2D eigenvalue weighted by atomic mass is 10.2. The minimum atomic E-state index is -3.72. The van der Waals surface area contributed by atoms with E-state index in [1.165, 1.54) is 26.2 Å². The molecule has 0 radical (unpaired) electrons. The molecule has 2 aromatic carbocycles. The summed E-state index contributed by atoms with van der Waals surface area (Å²) in [7, 11) is -2.25. The van der Waals surface area contributed by atoms with Crippen LogP contribution in [0.25, 0.3) is 0 Å². The maximum Gasteiger partial charge on any atom is 0.308 e. The number of rotatable bonds is 5. The van der Waals surface area contributed by atoms with E-state index in [4.69, 9.17) is 14.6 Å². The molecule has 0 heterocycles. The molecule has 24 heavy (non-hydrogen) atoms. The third-order valence-corrected chi connectivity index (χ3v) is 3.90. The number of sulfonamides is 1. The summed E-state index contributed by atoms with van der Waals surface area (Å²) in [6, 6.07) is 10.8. The van der Waals surface area contributed by atoms with Crippen molar-refractivity contribution in [1.29, 1.82) is 0 Å². The molecule has 126 valence electrons. The van der Waals surface area contributed by atoms with Crippen molar-refractivity contribution in [3.8, 4) is 11.5 Å². The summed E-state index contributed by atoms with van der Waals surface area (Å²) in [5, 5.41) is 5.04. The van der Waals surface area contributed by atoms with Gasteiger partial charge < -0.3 is 9.47 Å². The second-order valence-electron chi connectivity index (χ2n) is 4.80. The average molecular weight is 348 g/mol. The Kier molecular flexibility index (Phi) is 5.32. The number of methoxy groups -OCH3 is 1. The third-order valence-electron chi connectivity index (χ3n) is 2.97. The highest BCUT2D eigenvalue weighted by Gasteiger charge is 2.08. The molecule has 7 nitrogen and oxygen atoms in total. The van der Waals surface area contributed by atoms with Crippen LogP contribution in [-0.2, 0) is 14.8 Å². The zero-order chi connectivity index (χ0) is 17.7. The minimum absolute atomic E-state index is 0.0221. The number of nitrogens with two attached hydrogens (primary N) is 1. The van der Waals surface area contributed by atoms with Gasteiger partial charge in [0, 0.05) is 13.1 Å². The van der Waals surface area contributed by atoms with Gasteiger partial charge in [-0.2, -0.15) is 0 Å². The van der Waals surface area contributed by atoms with E-state index >= 15 is 0 Å². The fraction of sp³-hybridized carbons (Fsp3) is 0.125. The molecule has 0 fully saturated rings. The van der Waals surface area contributed by atoms with Gasteiger partial charge in [0.1, 0.15) is 0 Å². The molecule has 2 aromatic rings. The molecular formula is C16H16N2O5S. The molecule has 0 amide bonds. The third kappa shape index (κ3) is 4.64. The molecular weight excluding hydrogens is 332 g/mol. The van der Waals surface area contributed by atoms with Crippen molar-refractivity contribution in [3.63, 3.8) is 0 Å². The van der Waals surface area contributed by atoms with Gasteiger partial charge in [0.15, 0.2) is 11.5 Å². The zero-order valence-electron chi connectivity index (χ0n) is 13.1. The number of hydrogen-bond donors (Lipinski definition) is 1. The lowest BCUT2D eigenvalue weighted by Crippen LogP contribution is -2.11. The number of benzene rings is 2. The first-order chi connectivity index (χ1) is 11.3. The van der Waals surface area contributed by atoms with Gasteiger partial charge >= 0.3 is 5.97 Å². The fourth-order valence-electron chi connectivity index (χ4n) is 1.87. The average Bonchev–Trinajstić information content (AvgIpc) is 2.53. The molecule has 2 rings (SSSR count). The van der Waals surface area contributed by atoms with Crippen molar-refractivity contribution in [3.05, 3.63) is 48.0 Å². The number of primary sulfonamides is 1. The zero-order valence-corrected chi connectivity index (χ0v) is 13.9. The van der Waals surface area contributed by atoms with Gasteiger partial charge in [0.05, 0.1) is 17.7 Å². The highest BCUT2D eigenvalue weighted by Crippen LogP contribution is 2.28. The number of hydrogen-bond acceptors (Lipinski definition) is 6. The van der Waals surface area contributed by atoms with Gasteiger partial charge in [0.2, 0.25) is 10.0 Å². The number of carbonyl (C=O) groups excluding carboxylic acids is 1. The summed E-state index contributed by atoms with van der Waals surface area (Å²) < 4.78 is 32.6. The van der Waals surface area contributed by atoms with E-state index in [0.717, 1.165) is 5.56 Å². The Morgan fingerprint density at radius 1 is 1.12 bits per heavy atom. The van der Waals surface area contributed by atoms with Crippen LogP contribution in [0, 0.1) is 0 Å². The first-order valence-electron chi connectivity index (χ1n) is 6.83. The lowest BCUT2D eigenvalue weighted by molar-refractivity contribution is -0.132. The smallest absolute Gasteiger partial charge is 0.308 e. The molecule has 0 saturated carbocycles. The van der Waals surface area contributed by atoms with Crippen molar-refractivity contribution in [2.75, 3.05) is 7.11 Å². The summed E-state index contributed by atoms with van der Waals surface area (Å²) in [5.74, 6) is 0.281. The van der Waals surface area contributed by atoms with E-state index in [1.54, 1.807) is 36.5 Å². The second kappa shape index (κ2) is 7.24. The maximum absolute atomic E-state index is 11.2. The highest BCUT2D eigenvalue weighted by molar-refractivity contribution is 7.89. The fourth-order valence-corrected chi connectivity index (χ4v) is 2.39. The highest BCUT2D eigenvalue weighted by atomic mass is 32.2. The molecule has 2 N–H and O–H groups in total. The van der Waals surface area contributed by atoms with E-state index in [2.05, 4.69) is 4.99 Å². The summed E-state index contributed by atoms with van der Waals surface area (Å²) in [6.07, 6.45) is 1.58. The topological polar surface area (TPSA) is 108 Å². The summed E-state index contributed by atoms with van der Waals surface area (Å²) in [6.45, 7) is 1.31. The van der Waals surface area contributed by atoms with Crippen LogP contribution in [-0.4, -0.2) is 27.7 Å². The Bertz CT molecular complexity index is 874. The van der Waals surface area contributed by atoms with Gasteiger partial charge in [-0.1, -0.05) is 0 Å². The number of esters is 1. The van der Waals surface area contributed by atoms with Gasteiger partial charge in [-0.05, 0) is 48.0 Å². The summed E-state index contributed by atoms with van der Waals surface area (Å²) in [5.41, 5.74) is 1.28. The maximum atomic E-state index is 11.2. The van der Waals surface area contributed by atoms with Crippen molar-refractivity contribution in [1.82, 2.24) is 0 Å². The predicted octanol–water partition coefficient (Wildman–Crippen LogP) is 2.02. The van der Waals surface area contributed by atoms with Crippen LogP contribution in [0.15, 0.2) is 52.4 Å². The summed E-state index contributed by atoms with van der Waals surface area (Å²) >= 11 is 0. The van der Waals surface area contributed by atoms with Crippen molar-refractivity contribution >= 4 is 27.9 Å². The number of carbonyl (C=O) groups is 1. The van der Waals surface area contributed by atoms with Crippen LogP contribution in [0.4, 0.5) is 5.69 Å². The van der Waals surface area contributed by atoms with E-state index in [1.807, 2.05) is 0 Å². The predicted molar refractivity (Wildman–Crippen MR) is 89.4 cm³/mol. The Morgan fingerprint density at radius 3 is 2.33 bits per heavy atom. The van der Waals surface area contributed by atoms with Gasteiger partial charge in [-0.25, -0.2) is 13.6 Å². The first-order valence-corrected chi connectivity index (χ1v) is 8.37. The van der Waals surface area contributed by atoms with E-state index in [9.17, 15) is 13.2 Å². The lowest BCUT2D eigenvalue weighted by Gasteiger charge is -2.08. The van der Waals surface area contributed by atoms with E-state index in [-0.39, 0.29) is 4.90 Å². The van der Waals surface area contributed by atoms with Crippen LogP contribution < -0.4 is 14.6 Å². The van der Waals surface area contributed by atoms with E-state index in [0.29, 0.717) is 17.2 Å². The van der Waals surface area contributed by atoms with Crippen molar-refractivity contribution in [2.24, 2.45) is 10.1 Å². The Balaban J connectivity index is 2.21. The van der Waals surface area contributed by atoms with Crippen LogP contribution >= 0.6 is 0 Å². The molecule has 0 aromatic heterocycles. The van der Waals surface area contributed by atoms with Crippen LogP contribution in [0.5, 0.6) is 11.5 Å². The number of ether oxygens (including phenoxy) is 2. The van der Waals surface area contributed by atoms with Crippen molar-refractivity contribution < 1.29 is 22.7 Å². The number of nitrogens with zero attached hydrogens (tertiary/aromatic N) is 1. The van der Waals surface area contributed by atoms with Crippen molar-refractivity contribution in [2.45, 2.75) is 11.8 Å². The molecule has 0 aliphatic carbocycles. The molecule has 0 aliphatic rings. The minimum Gasteiger partial charge on any atom is -0.493 e. The first kappa shape index (κ1) is 17.6. The number of aliphatic imine (C=N–C) groups is 1. The molecule has 0 aliphatic heterocycles. The van der Waals surface area contributed by atoms with E-state index < -0.39 is 16.0 Å². The van der Waals surface area contributed by atoms with Gasteiger partial charge in [0.25, 0.3) is 0 Å². The standard InChI is InChI=1S/C16H16N2O5S/c1-11(19)23-15-8-3-12(9-16(15)22-2)10-18-13-4-6-14(7-5-13)24(17,20)21/h3-10H,1-2H3,(H2,17,20,21). The van der Waals surface area contributed by atoms with Crippen LogP contribution in [0.3, 0.4) is 0 Å². The van der Waals surface area contributed by atoms with Crippen LogP contribution in [0.1, 0.15) is 12.5 Å². The van der Waals surface area contributed by atoms with Gasteiger partial charge in [-0.3, -0.25) is 9.79 Å². The molecule has 0 unspecified atom stereocenters. The Labute approximate surface area is 139 Å². The second-order valence-corrected chi connectivity index (χ2v) is 6.36. The molecule has 0 bridgehead atoms. The molecule has 8 heteroatoms. The van der Waals surface area contributed by atoms with Crippen LogP contribution in [0.2, 0.25) is 0 Å². The Hall–Kier alpha value is -2.71. The monoisotopic (exact) mass is 348 g/mol. The summed E-state index contributed by atoms with van der Waals surface area (Å²) in [4.78, 5) is 15.3. The normalized spacial score (nSPS) is 11.5. The molecule has 0 atom stereocenters. The largest absolute Gasteiger partial charge is 0.493 e.